The number of aromatic nitrogens is 1. The zero-order valence-electron chi connectivity index (χ0n) is 13.6. The summed E-state index contributed by atoms with van der Waals surface area (Å²) in [6.07, 6.45) is 1.90. The lowest BCUT2D eigenvalue weighted by atomic mass is 10.1. The zero-order chi connectivity index (χ0) is 16.9. The van der Waals surface area contributed by atoms with Crippen LogP contribution in [-0.2, 0) is 17.8 Å². The average Bonchev–Trinajstić information content (AvgIpc) is 3.19. The van der Waals surface area contributed by atoms with E-state index in [1.165, 1.54) is 16.9 Å². The molecule has 24 heavy (non-hydrogen) atoms. The lowest BCUT2D eigenvalue weighted by Gasteiger charge is -2.08. The van der Waals surface area contributed by atoms with Crippen LogP contribution in [0.5, 0.6) is 0 Å². The Morgan fingerprint density at radius 2 is 2.17 bits per heavy atom. The van der Waals surface area contributed by atoms with Crippen molar-refractivity contribution in [3.05, 3.63) is 64.6 Å². The molecule has 5 nitrogen and oxygen atoms in total. The number of aryl methyl sites for hydroxylation is 2. The predicted molar refractivity (Wildman–Crippen MR) is 96.4 cm³/mol. The highest BCUT2D eigenvalue weighted by atomic mass is 32.1. The number of furan rings is 1. The molecule has 0 fully saturated rings. The molecule has 0 aliphatic rings. The summed E-state index contributed by atoms with van der Waals surface area (Å²) < 4.78 is 5.26. The first-order valence-corrected chi connectivity index (χ1v) is 8.56. The molecule has 0 saturated heterocycles. The molecule has 0 bridgehead atoms. The summed E-state index contributed by atoms with van der Waals surface area (Å²) in [6, 6.07) is 9.72. The zero-order valence-corrected chi connectivity index (χ0v) is 14.4. The Hall–Kier alpha value is -2.60. The van der Waals surface area contributed by atoms with Crippen molar-refractivity contribution in [1.82, 2.24) is 4.98 Å². The monoisotopic (exact) mass is 341 g/mol. The van der Waals surface area contributed by atoms with E-state index in [9.17, 15) is 4.79 Å². The molecular weight excluding hydrogens is 322 g/mol. The number of carbonyl (C=O) groups is 1. The van der Waals surface area contributed by atoms with Crippen LogP contribution in [0.4, 0.5) is 10.8 Å². The lowest BCUT2D eigenvalue weighted by molar-refractivity contribution is -0.115. The van der Waals surface area contributed by atoms with Gasteiger partial charge in [-0.1, -0.05) is 17.7 Å². The van der Waals surface area contributed by atoms with Crippen LogP contribution in [-0.4, -0.2) is 10.9 Å². The molecule has 2 heterocycles. The normalized spacial score (nSPS) is 10.6. The number of amides is 1. The van der Waals surface area contributed by atoms with Crippen LogP contribution in [0.1, 0.15) is 22.6 Å². The van der Waals surface area contributed by atoms with Gasteiger partial charge in [0, 0.05) is 11.1 Å². The molecule has 0 aliphatic heterocycles. The van der Waals surface area contributed by atoms with Crippen LogP contribution in [0, 0.1) is 13.8 Å². The van der Waals surface area contributed by atoms with Crippen molar-refractivity contribution < 1.29 is 9.21 Å². The maximum Gasteiger partial charge on any atom is 0.230 e. The quantitative estimate of drug-likeness (QED) is 0.707. The third-order valence-electron chi connectivity index (χ3n) is 3.54. The predicted octanol–water partition coefficient (Wildman–Crippen LogP) is 4.15. The number of hydrogen-bond donors (Lipinski definition) is 2. The molecular formula is C18H19N3O2S. The number of thiazole rings is 1. The highest BCUT2D eigenvalue weighted by Gasteiger charge is 2.09. The molecule has 3 aromatic rings. The number of hydrogen-bond acceptors (Lipinski definition) is 5. The number of anilines is 2. The van der Waals surface area contributed by atoms with E-state index >= 15 is 0 Å². The number of nitrogens with zero attached hydrogens (tertiary/aromatic N) is 1. The Kier molecular flexibility index (Phi) is 4.96. The van der Waals surface area contributed by atoms with E-state index < -0.39 is 0 Å². The largest absolute Gasteiger partial charge is 0.467 e. The first kappa shape index (κ1) is 16.3. The van der Waals surface area contributed by atoms with E-state index in [2.05, 4.69) is 21.7 Å². The summed E-state index contributed by atoms with van der Waals surface area (Å²) in [5.41, 5.74) is 3.83. The van der Waals surface area contributed by atoms with Crippen LogP contribution in [0.25, 0.3) is 0 Å². The fourth-order valence-corrected chi connectivity index (χ4v) is 3.07. The van der Waals surface area contributed by atoms with Gasteiger partial charge in [-0.25, -0.2) is 4.98 Å². The van der Waals surface area contributed by atoms with Gasteiger partial charge in [-0.3, -0.25) is 4.79 Å². The summed E-state index contributed by atoms with van der Waals surface area (Å²) in [4.78, 5) is 16.6. The molecule has 0 saturated carbocycles. The fourth-order valence-electron chi connectivity index (χ4n) is 2.36. The minimum Gasteiger partial charge on any atom is -0.467 e. The van der Waals surface area contributed by atoms with Crippen molar-refractivity contribution in [1.29, 1.82) is 0 Å². The Morgan fingerprint density at radius 1 is 1.29 bits per heavy atom. The third kappa shape index (κ3) is 4.23. The first-order chi connectivity index (χ1) is 11.6. The second-order valence-electron chi connectivity index (χ2n) is 5.62. The number of nitrogens with one attached hydrogen (secondary N) is 2. The van der Waals surface area contributed by atoms with Crippen LogP contribution >= 0.6 is 11.3 Å². The van der Waals surface area contributed by atoms with Gasteiger partial charge >= 0.3 is 0 Å². The van der Waals surface area contributed by atoms with Crippen LogP contribution in [0.2, 0.25) is 0 Å². The summed E-state index contributed by atoms with van der Waals surface area (Å²) in [5.74, 6) is 0.782. The molecule has 0 atom stereocenters. The second-order valence-corrected chi connectivity index (χ2v) is 6.48. The SMILES string of the molecule is Cc1ccc(NC(=O)Cc2csc(NCc3ccco3)n2)c(C)c1. The van der Waals surface area contributed by atoms with Gasteiger partial charge in [-0.15, -0.1) is 11.3 Å². The summed E-state index contributed by atoms with van der Waals surface area (Å²) in [6.45, 7) is 4.60. The van der Waals surface area contributed by atoms with E-state index in [0.717, 1.165) is 27.8 Å². The van der Waals surface area contributed by atoms with Gasteiger partial charge in [0.1, 0.15) is 5.76 Å². The third-order valence-corrected chi connectivity index (χ3v) is 4.39. The standard InChI is InChI=1S/C18H19N3O2S/c1-12-5-6-16(13(2)8-12)21-17(22)9-14-11-24-18(20-14)19-10-15-4-3-7-23-15/h3-8,11H,9-10H2,1-2H3,(H,19,20)(H,21,22). The van der Waals surface area contributed by atoms with Crippen LogP contribution in [0.3, 0.4) is 0 Å². The average molecular weight is 341 g/mol. The molecule has 0 radical (unpaired) electrons. The van der Waals surface area contributed by atoms with E-state index in [0.29, 0.717) is 6.54 Å². The Labute approximate surface area is 144 Å². The molecule has 0 unspecified atom stereocenters. The van der Waals surface area contributed by atoms with Gasteiger partial charge in [0.2, 0.25) is 5.91 Å². The Bertz CT molecular complexity index is 825. The van der Waals surface area contributed by atoms with E-state index in [1.54, 1.807) is 6.26 Å². The Morgan fingerprint density at radius 3 is 2.92 bits per heavy atom. The summed E-state index contributed by atoms with van der Waals surface area (Å²) in [7, 11) is 0. The van der Waals surface area contributed by atoms with Gasteiger partial charge in [0.25, 0.3) is 0 Å². The van der Waals surface area contributed by atoms with Gasteiger partial charge < -0.3 is 15.1 Å². The molecule has 1 amide bonds. The van der Waals surface area contributed by atoms with Crippen LogP contribution < -0.4 is 10.6 Å². The minimum absolute atomic E-state index is 0.0650. The van der Waals surface area contributed by atoms with Crippen molar-refractivity contribution >= 4 is 28.1 Å². The summed E-state index contributed by atoms with van der Waals surface area (Å²) >= 11 is 1.48. The number of carbonyl (C=O) groups excluding carboxylic acids is 1. The van der Waals surface area contributed by atoms with Crippen molar-refractivity contribution in [2.45, 2.75) is 26.8 Å². The smallest absolute Gasteiger partial charge is 0.230 e. The molecule has 0 spiro atoms. The molecule has 124 valence electrons. The number of rotatable bonds is 6. The van der Waals surface area contributed by atoms with Crippen molar-refractivity contribution in [3.8, 4) is 0 Å². The molecule has 2 N–H and O–H groups in total. The lowest BCUT2D eigenvalue weighted by Crippen LogP contribution is -2.15. The molecule has 0 aliphatic carbocycles. The maximum atomic E-state index is 12.2. The van der Waals surface area contributed by atoms with E-state index in [4.69, 9.17) is 4.42 Å². The van der Waals surface area contributed by atoms with Gasteiger partial charge in [0.15, 0.2) is 5.13 Å². The summed E-state index contributed by atoms with van der Waals surface area (Å²) in [5, 5.41) is 8.80. The van der Waals surface area contributed by atoms with E-state index in [1.807, 2.05) is 43.5 Å². The highest BCUT2D eigenvalue weighted by molar-refractivity contribution is 7.13. The molecule has 3 rings (SSSR count). The first-order valence-electron chi connectivity index (χ1n) is 7.68. The topological polar surface area (TPSA) is 67.2 Å². The maximum absolute atomic E-state index is 12.2. The van der Waals surface area contributed by atoms with E-state index in [-0.39, 0.29) is 12.3 Å². The molecule has 6 heteroatoms. The van der Waals surface area contributed by atoms with Gasteiger partial charge in [0.05, 0.1) is 24.9 Å². The highest BCUT2D eigenvalue weighted by Crippen LogP contribution is 2.19. The Balaban J connectivity index is 1.54. The second kappa shape index (κ2) is 7.31. The minimum atomic E-state index is -0.0650. The van der Waals surface area contributed by atoms with Gasteiger partial charge in [-0.05, 0) is 37.6 Å². The number of benzene rings is 1. The molecule has 2 aromatic heterocycles. The van der Waals surface area contributed by atoms with Crippen LogP contribution in [0.15, 0.2) is 46.4 Å². The van der Waals surface area contributed by atoms with Crippen molar-refractivity contribution in [2.24, 2.45) is 0 Å². The fraction of sp³-hybridized carbons (Fsp3) is 0.222. The van der Waals surface area contributed by atoms with Crippen molar-refractivity contribution in [2.75, 3.05) is 10.6 Å². The molecule has 1 aromatic carbocycles. The van der Waals surface area contributed by atoms with Crippen molar-refractivity contribution in [3.63, 3.8) is 0 Å². The van der Waals surface area contributed by atoms with Gasteiger partial charge in [-0.2, -0.15) is 0 Å².